The van der Waals surface area contributed by atoms with E-state index in [1.165, 1.54) is 5.56 Å². The highest BCUT2D eigenvalue weighted by atomic mass is 16.6. The summed E-state index contributed by atoms with van der Waals surface area (Å²) in [5, 5.41) is 34.6. The van der Waals surface area contributed by atoms with Crippen molar-refractivity contribution < 1.29 is 29.3 Å². The fourth-order valence-corrected chi connectivity index (χ4v) is 5.38. The third-order valence-corrected chi connectivity index (χ3v) is 7.91. The molecule has 0 aromatic heterocycles. The number of nitrogens with one attached hydrogen (secondary N) is 4. The number of carbonyl (C=O) groups excluding carboxylic acids is 2. The van der Waals surface area contributed by atoms with Crippen molar-refractivity contribution in [1.82, 2.24) is 21.3 Å². The highest BCUT2D eigenvalue weighted by Gasteiger charge is 2.29. The molecular formula is C39H56N4O6. The molecule has 6 N–H and O–H groups in total. The molecule has 0 saturated carbocycles. The minimum atomic E-state index is -1.00. The average Bonchev–Trinajstić information content (AvgIpc) is 3.04. The molecule has 0 bridgehead atoms. The lowest BCUT2D eigenvalue weighted by Crippen LogP contribution is -2.53. The minimum absolute atomic E-state index is 0.0792. The maximum Gasteiger partial charge on any atom is 0.407 e. The van der Waals surface area contributed by atoms with Crippen LogP contribution in [0.1, 0.15) is 64.2 Å². The number of alkyl carbamates (subject to hydrolysis) is 2. The second-order valence-electron chi connectivity index (χ2n) is 14.1. The number of aliphatic hydroxyl groups excluding tert-OH is 2. The summed E-state index contributed by atoms with van der Waals surface area (Å²) in [6.45, 7) is 10.8. The van der Waals surface area contributed by atoms with Crippen LogP contribution in [0.25, 0.3) is 0 Å². The SMILES string of the molecule is CC(C)(C)OC(=O)N[C@@H](Cc1ccccc1)[C@H](O)CNC[C@@H](O)[C@H](Cc1ccccc1)NC(=O)OC(C)(C)CCCNCc1ccccc1. The molecule has 49 heavy (non-hydrogen) atoms. The molecule has 3 aromatic rings. The van der Waals surface area contributed by atoms with Crippen molar-refractivity contribution in [2.24, 2.45) is 0 Å². The number of aliphatic hydroxyl groups is 2. The molecule has 0 aliphatic rings. The van der Waals surface area contributed by atoms with Crippen LogP contribution in [0, 0.1) is 0 Å². The van der Waals surface area contributed by atoms with Crippen LogP contribution in [0.4, 0.5) is 9.59 Å². The van der Waals surface area contributed by atoms with E-state index >= 15 is 0 Å². The zero-order chi connectivity index (χ0) is 35.7. The summed E-state index contributed by atoms with van der Waals surface area (Å²) >= 11 is 0. The van der Waals surface area contributed by atoms with Crippen molar-refractivity contribution >= 4 is 12.2 Å². The van der Waals surface area contributed by atoms with Gasteiger partial charge in [-0.15, -0.1) is 0 Å². The van der Waals surface area contributed by atoms with E-state index < -0.39 is 47.7 Å². The smallest absolute Gasteiger partial charge is 0.407 e. The first-order valence-electron chi connectivity index (χ1n) is 17.2. The summed E-state index contributed by atoms with van der Waals surface area (Å²) in [6, 6.07) is 28.0. The van der Waals surface area contributed by atoms with Crippen molar-refractivity contribution in [3.05, 3.63) is 108 Å². The predicted octanol–water partition coefficient (Wildman–Crippen LogP) is 5.12. The van der Waals surface area contributed by atoms with Gasteiger partial charge in [0.05, 0.1) is 24.3 Å². The Kier molecular flexibility index (Phi) is 16.0. The molecule has 3 aromatic carbocycles. The summed E-state index contributed by atoms with van der Waals surface area (Å²) in [7, 11) is 0. The molecule has 4 atom stereocenters. The third kappa shape index (κ3) is 16.3. The van der Waals surface area contributed by atoms with Gasteiger partial charge in [0.1, 0.15) is 11.2 Å². The molecular weight excluding hydrogens is 620 g/mol. The Bertz CT molecular complexity index is 1370. The van der Waals surface area contributed by atoms with Gasteiger partial charge in [0, 0.05) is 19.6 Å². The highest BCUT2D eigenvalue weighted by Crippen LogP contribution is 2.18. The van der Waals surface area contributed by atoms with Gasteiger partial charge >= 0.3 is 12.2 Å². The summed E-state index contributed by atoms with van der Waals surface area (Å²) in [6.07, 6.45) is -0.976. The van der Waals surface area contributed by atoms with E-state index in [0.717, 1.165) is 30.6 Å². The molecule has 0 saturated heterocycles. The third-order valence-electron chi connectivity index (χ3n) is 7.91. The number of ether oxygens (including phenoxy) is 2. The molecule has 0 fully saturated rings. The number of hydrogen-bond donors (Lipinski definition) is 6. The molecule has 0 heterocycles. The Hall–Kier alpha value is -3.96. The van der Waals surface area contributed by atoms with Crippen LogP contribution in [0.15, 0.2) is 91.0 Å². The van der Waals surface area contributed by atoms with Gasteiger partial charge in [-0.2, -0.15) is 0 Å². The van der Waals surface area contributed by atoms with Crippen molar-refractivity contribution in [3.8, 4) is 0 Å². The summed E-state index contributed by atoms with van der Waals surface area (Å²) in [4.78, 5) is 25.7. The lowest BCUT2D eigenvalue weighted by Gasteiger charge is -2.30. The second-order valence-corrected chi connectivity index (χ2v) is 14.1. The molecule has 0 unspecified atom stereocenters. The Labute approximate surface area is 292 Å². The van der Waals surface area contributed by atoms with Gasteiger partial charge in [-0.25, -0.2) is 9.59 Å². The average molecular weight is 677 g/mol. The fourth-order valence-electron chi connectivity index (χ4n) is 5.38. The Morgan fingerprint density at radius 2 is 1.06 bits per heavy atom. The molecule has 2 amide bonds. The van der Waals surface area contributed by atoms with E-state index in [1.807, 2.05) is 92.7 Å². The van der Waals surface area contributed by atoms with E-state index in [0.29, 0.717) is 19.3 Å². The number of rotatable bonds is 19. The predicted molar refractivity (Wildman–Crippen MR) is 193 cm³/mol. The first kappa shape index (κ1) is 39.5. The molecule has 268 valence electrons. The number of carbonyl (C=O) groups is 2. The van der Waals surface area contributed by atoms with E-state index in [9.17, 15) is 19.8 Å². The van der Waals surface area contributed by atoms with Crippen molar-refractivity contribution in [2.75, 3.05) is 19.6 Å². The van der Waals surface area contributed by atoms with E-state index in [2.05, 4.69) is 33.4 Å². The van der Waals surface area contributed by atoms with Crippen LogP contribution < -0.4 is 21.3 Å². The van der Waals surface area contributed by atoms with Crippen LogP contribution >= 0.6 is 0 Å². The quantitative estimate of drug-likeness (QED) is 0.0962. The lowest BCUT2D eigenvalue weighted by molar-refractivity contribution is 0.0234. The van der Waals surface area contributed by atoms with Gasteiger partial charge in [-0.05, 0) is 83.5 Å². The molecule has 0 radical (unpaired) electrons. The Balaban J connectivity index is 1.54. The first-order chi connectivity index (χ1) is 23.3. The van der Waals surface area contributed by atoms with Crippen molar-refractivity contribution in [1.29, 1.82) is 0 Å². The minimum Gasteiger partial charge on any atom is -0.444 e. The monoisotopic (exact) mass is 676 g/mol. The van der Waals surface area contributed by atoms with Crippen LogP contribution in [-0.4, -0.2) is 77.5 Å². The Morgan fingerprint density at radius 3 is 1.51 bits per heavy atom. The standard InChI is InChI=1S/C39H56N4O6/c1-38(2,3)48-36(46)42-32(24-29-16-9-6-10-17-29)34(44)27-41-28-35(45)33(25-30-18-11-7-12-19-30)43-37(47)49-39(4,5)22-15-23-40-26-31-20-13-8-14-21-31/h6-14,16-21,32-35,40-41,44-45H,15,22-28H2,1-5H3,(H,42,46)(H,43,47)/t32-,33-,34+,35+/m0/s1. The summed E-state index contributed by atoms with van der Waals surface area (Å²) in [5.74, 6) is 0. The normalized spacial score (nSPS) is 14.3. The van der Waals surface area contributed by atoms with Gasteiger partial charge in [0.15, 0.2) is 0 Å². The molecule has 10 nitrogen and oxygen atoms in total. The molecule has 3 rings (SSSR count). The second kappa shape index (κ2) is 19.9. The van der Waals surface area contributed by atoms with Gasteiger partial charge in [0.2, 0.25) is 0 Å². The van der Waals surface area contributed by atoms with E-state index in [1.54, 1.807) is 20.8 Å². The fraction of sp³-hybridized carbons (Fsp3) is 0.487. The van der Waals surface area contributed by atoms with Gasteiger partial charge in [0.25, 0.3) is 0 Å². The van der Waals surface area contributed by atoms with Gasteiger partial charge in [-0.1, -0.05) is 91.0 Å². The van der Waals surface area contributed by atoms with Gasteiger partial charge in [-0.3, -0.25) is 0 Å². The van der Waals surface area contributed by atoms with Crippen LogP contribution in [0.5, 0.6) is 0 Å². The summed E-state index contributed by atoms with van der Waals surface area (Å²) in [5.41, 5.74) is 1.71. The highest BCUT2D eigenvalue weighted by molar-refractivity contribution is 5.68. The number of hydrogen-bond acceptors (Lipinski definition) is 8. The topological polar surface area (TPSA) is 141 Å². The first-order valence-corrected chi connectivity index (χ1v) is 17.2. The van der Waals surface area contributed by atoms with Gasteiger partial charge < -0.3 is 41.0 Å². The zero-order valence-electron chi connectivity index (χ0n) is 29.7. The molecule has 0 spiro atoms. The van der Waals surface area contributed by atoms with Crippen molar-refractivity contribution in [3.63, 3.8) is 0 Å². The number of amides is 2. The van der Waals surface area contributed by atoms with E-state index in [4.69, 9.17) is 9.47 Å². The maximum atomic E-state index is 13.1. The zero-order valence-corrected chi connectivity index (χ0v) is 29.7. The summed E-state index contributed by atoms with van der Waals surface area (Å²) < 4.78 is 11.3. The Morgan fingerprint density at radius 1 is 0.633 bits per heavy atom. The van der Waals surface area contributed by atoms with E-state index in [-0.39, 0.29) is 13.1 Å². The van der Waals surface area contributed by atoms with Crippen LogP contribution in [0.3, 0.4) is 0 Å². The largest absolute Gasteiger partial charge is 0.444 e. The maximum absolute atomic E-state index is 13.1. The van der Waals surface area contributed by atoms with Crippen LogP contribution in [0.2, 0.25) is 0 Å². The number of benzene rings is 3. The lowest BCUT2D eigenvalue weighted by atomic mass is 10.00. The molecule has 0 aliphatic carbocycles. The van der Waals surface area contributed by atoms with Crippen LogP contribution in [-0.2, 0) is 28.9 Å². The molecule has 0 aliphatic heterocycles. The molecule has 10 heteroatoms. The van der Waals surface area contributed by atoms with Crippen molar-refractivity contribution in [2.45, 2.75) is 102 Å².